The third kappa shape index (κ3) is 2.59. The maximum absolute atomic E-state index is 12.4. The molecule has 1 aromatic carbocycles. The molecule has 2 heterocycles. The average Bonchev–Trinajstić information content (AvgIpc) is 3.06. The van der Waals surface area contributed by atoms with E-state index in [0.717, 1.165) is 11.3 Å². The van der Waals surface area contributed by atoms with Gasteiger partial charge in [0.15, 0.2) is 0 Å². The molecular formula is C16H18N4O2. The van der Waals surface area contributed by atoms with Gasteiger partial charge in [0.25, 0.3) is 5.91 Å². The molecule has 1 aliphatic rings. The molecule has 1 aliphatic heterocycles. The number of aromatic nitrogens is 2. The molecule has 0 radical (unpaired) electrons. The van der Waals surface area contributed by atoms with Crippen LogP contribution < -0.4 is 10.2 Å². The first-order valence-electron chi connectivity index (χ1n) is 7.23. The van der Waals surface area contributed by atoms with E-state index >= 15 is 0 Å². The van der Waals surface area contributed by atoms with Crippen LogP contribution in [-0.4, -0.2) is 34.2 Å². The van der Waals surface area contributed by atoms with Gasteiger partial charge >= 0.3 is 0 Å². The number of amides is 2. The molecule has 0 saturated carbocycles. The Hall–Kier alpha value is -2.63. The average molecular weight is 298 g/mol. The lowest BCUT2D eigenvalue weighted by atomic mass is 10.1. The molecule has 2 aromatic rings. The van der Waals surface area contributed by atoms with Crippen LogP contribution in [0.4, 0.5) is 5.69 Å². The van der Waals surface area contributed by atoms with E-state index in [4.69, 9.17) is 0 Å². The lowest BCUT2D eigenvalue weighted by molar-refractivity contribution is -0.118. The highest BCUT2D eigenvalue weighted by Gasteiger charge is 2.34. The van der Waals surface area contributed by atoms with Crippen molar-refractivity contribution < 1.29 is 9.59 Å². The van der Waals surface area contributed by atoms with Gasteiger partial charge in [-0.15, -0.1) is 0 Å². The highest BCUT2D eigenvalue weighted by molar-refractivity contribution is 6.04. The molecule has 1 saturated heterocycles. The summed E-state index contributed by atoms with van der Waals surface area (Å²) in [6.45, 7) is 2.47. The van der Waals surface area contributed by atoms with Crippen LogP contribution in [0.2, 0.25) is 0 Å². The maximum Gasteiger partial charge on any atom is 0.252 e. The fourth-order valence-electron chi connectivity index (χ4n) is 2.68. The molecule has 1 aromatic heterocycles. The highest BCUT2D eigenvalue weighted by Crippen LogP contribution is 2.21. The SMILES string of the molecule is Cc1ccccc1C(=O)N[C@@H]1CCN(c2cnn(C)c2)C1=O. The van der Waals surface area contributed by atoms with Gasteiger partial charge in [0, 0.05) is 25.4 Å². The number of hydrogen-bond acceptors (Lipinski definition) is 3. The minimum atomic E-state index is -0.479. The van der Waals surface area contributed by atoms with Crippen molar-refractivity contribution in [1.29, 1.82) is 0 Å². The summed E-state index contributed by atoms with van der Waals surface area (Å²) in [5.41, 5.74) is 2.27. The van der Waals surface area contributed by atoms with Crippen LogP contribution in [0.15, 0.2) is 36.7 Å². The molecule has 6 nitrogen and oxygen atoms in total. The van der Waals surface area contributed by atoms with E-state index in [1.807, 2.05) is 32.2 Å². The zero-order valence-corrected chi connectivity index (χ0v) is 12.6. The van der Waals surface area contributed by atoms with Crippen molar-refractivity contribution in [3.63, 3.8) is 0 Å². The summed E-state index contributed by atoms with van der Waals surface area (Å²) in [6.07, 6.45) is 4.05. The number of nitrogens with zero attached hydrogens (tertiary/aromatic N) is 3. The van der Waals surface area contributed by atoms with Crippen LogP contribution in [0.3, 0.4) is 0 Å². The molecule has 1 atom stereocenters. The Morgan fingerprint density at radius 1 is 1.36 bits per heavy atom. The first-order valence-corrected chi connectivity index (χ1v) is 7.23. The van der Waals surface area contributed by atoms with Crippen LogP contribution in [-0.2, 0) is 11.8 Å². The summed E-state index contributed by atoms with van der Waals surface area (Å²) in [6, 6.07) is 6.88. The van der Waals surface area contributed by atoms with Gasteiger partial charge in [-0.05, 0) is 25.0 Å². The van der Waals surface area contributed by atoms with Crippen molar-refractivity contribution in [1.82, 2.24) is 15.1 Å². The van der Waals surface area contributed by atoms with Crippen molar-refractivity contribution in [3.05, 3.63) is 47.8 Å². The van der Waals surface area contributed by atoms with Crippen LogP contribution in [0.25, 0.3) is 0 Å². The van der Waals surface area contributed by atoms with Gasteiger partial charge in [-0.3, -0.25) is 14.3 Å². The largest absolute Gasteiger partial charge is 0.340 e. The van der Waals surface area contributed by atoms with Gasteiger partial charge in [0.05, 0.1) is 11.9 Å². The molecule has 22 heavy (non-hydrogen) atoms. The Kier molecular flexibility index (Phi) is 3.66. The number of anilines is 1. The van der Waals surface area contributed by atoms with Crippen molar-refractivity contribution in [2.45, 2.75) is 19.4 Å². The van der Waals surface area contributed by atoms with Crippen LogP contribution in [0.1, 0.15) is 22.3 Å². The summed E-state index contributed by atoms with van der Waals surface area (Å²) < 4.78 is 1.65. The predicted octanol–water partition coefficient (Wildman–Crippen LogP) is 1.26. The molecule has 6 heteroatoms. The quantitative estimate of drug-likeness (QED) is 0.927. The molecule has 114 valence electrons. The van der Waals surface area contributed by atoms with Gasteiger partial charge in [-0.1, -0.05) is 18.2 Å². The topological polar surface area (TPSA) is 67.2 Å². The van der Waals surface area contributed by atoms with Crippen molar-refractivity contribution in [2.75, 3.05) is 11.4 Å². The molecule has 0 unspecified atom stereocenters. The monoisotopic (exact) mass is 298 g/mol. The van der Waals surface area contributed by atoms with Crippen molar-refractivity contribution in [3.8, 4) is 0 Å². The Balaban J connectivity index is 1.71. The Morgan fingerprint density at radius 3 is 2.82 bits per heavy atom. The van der Waals surface area contributed by atoms with E-state index in [0.29, 0.717) is 18.5 Å². The van der Waals surface area contributed by atoms with Crippen molar-refractivity contribution in [2.24, 2.45) is 7.05 Å². The number of benzene rings is 1. The van der Waals surface area contributed by atoms with Crippen LogP contribution in [0, 0.1) is 6.92 Å². The fraction of sp³-hybridized carbons (Fsp3) is 0.312. The third-order valence-corrected chi connectivity index (χ3v) is 3.90. The standard InChI is InChI=1S/C16H18N4O2/c1-11-5-3-4-6-13(11)15(21)18-14-7-8-20(16(14)22)12-9-17-19(2)10-12/h3-6,9-10,14H,7-8H2,1-2H3,(H,18,21)/t14-/m1/s1. The first-order chi connectivity index (χ1) is 10.6. The summed E-state index contributed by atoms with van der Waals surface area (Å²) in [5, 5.41) is 6.91. The highest BCUT2D eigenvalue weighted by atomic mass is 16.2. The van der Waals surface area contributed by atoms with Gasteiger partial charge in [-0.25, -0.2) is 0 Å². The normalized spacial score (nSPS) is 17.8. The number of hydrogen-bond donors (Lipinski definition) is 1. The van der Waals surface area contributed by atoms with E-state index in [2.05, 4.69) is 10.4 Å². The van der Waals surface area contributed by atoms with E-state index < -0.39 is 6.04 Å². The number of carbonyl (C=O) groups excluding carboxylic acids is 2. The van der Waals surface area contributed by atoms with E-state index in [1.165, 1.54) is 0 Å². The smallest absolute Gasteiger partial charge is 0.252 e. The minimum Gasteiger partial charge on any atom is -0.340 e. The molecule has 0 aliphatic carbocycles. The molecule has 0 spiro atoms. The predicted molar refractivity (Wildman–Crippen MR) is 82.6 cm³/mol. The van der Waals surface area contributed by atoms with Crippen LogP contribution in [0.5, 0.6) is 0 Å². The van der Waals surface area contributed by atoms with Gasteiger partial charge in [0.2, 0.25) is 5.91 Å². The van der Waals surface area contributed by atoms with Gasteiger partial charge in [0.1, 0.15) is 6.04 Å². The Bertz CT molecular complexity index is 722. The Morgan fingerprint density at radius 2 is 2.14 bits per heavy atom. The first kappa shape index (κ1) is 14.3. The molecule has 0 bridgehead atoms. The molecular weight excluding hydrogens is 280 g/mol. The second kappa shape index (κ2) is 5.63. The molecule has 2 amide bonds. The lowest BCUT2D eigenvalue weighted by Gasteiger charge is -2.15. The Labute approximate surface area is 128 Å². The minimum absolute atomic E-state index is 0.0880. The number of nitrogens with one attached hydrogen (secondary N) is 1. The number of carbonyl (C=O) groups is 2. The van der Waals surface area contributed by atoms with E-state index in [-0.39, 0.29) is 11.8 Å². The maximum atomic E-state index is 12.4. The van der Waals surface area contributed by atoms with Gasteiger partial charge < -0.3 is 10.2 Å². The second-order valence-corrected chi connectivity index (χ2v) is 5.49. The summed E-state index contributed by atoms with van der Waals surface area (Å²) >= 11 is 0. The summed E-state index contributed by atoms with van der Waals surface area (Å²) in [4.78, 5) is 26.4. The molecule has 3 rings (SSSR count). The van der Waals surface area contributed by atoms with Gasteiger partial charge in [-0.2, -0.15) is 5.10 Å². The summed E-state index contributed by atoms with van der Waals surface area (Å²) in [7, 11) is 1.81. The van der Waals surface area contributed by atoms with E-state index in [1.54, 1.807) is 28.0 Å². The van der Waals surface area contributed by atoms with Crippen LogP contribution >= 0.6 is 0 Å². The molecule has 1 N–H and O–H groups in total. The summed E-state index contributed by atoms with van der Waals surface area (Å²) in [5.74, 6) is -0.292. The fourth-order valence-corrected chi connectivity index (χ4v) is 2.68. The zero-order valence-electron chi connectivity index (χ0n) is 12.6. The lowest BCUT2D eigenvalue weighted by Crippen LogP contribution is -2.41. The molecule has 1 fully saturated rings. The third-order valence-electron chi connectivity index (χ3n) is 3.90. The van der Waals surface area contributed by atoms with E-state index in [9.17, 15) is 9.59 Å². The van der Waals surface area contributed by atoms with Crippen molar-refractivity contribution >= 4 is 17.5 Å². The zero-order chi connectivity index (χ0) is 15.7. The number of aryl methyl sites for hydroxylation is 2. The number of rotatable bonds is 3. The second-order valence-electron chi connectivity index (χ2n) is 5.49.